The Balaban J connectivity index is 1.35. The Morgan fingerprint density at radius 3 is 2.19 bits per heavy atom. The summed E-state index contributed by atoms with van der Waals surface area (Å²) in [7, 11) is 0. The maximum absolute atomic E-state index is 13.3. The fourth-order valence-corrected chi connectivity index (χ4v) is 4.47. The molecule has 1 N–H and O–H groups in total. The van der Waals surface area contributed by atoms with Gasteiger partial charge in [-0.15, -0.1) is 0 Å². The summed E-state index contributed by atoms with van der Waals surface area (Å²) >= 11 is 0. The van der Waals surface area contributed by atoms with E-state index in [1.807, 2.05) is 48.5 Å². The molecule has 0 saturated carbocycles. The average Bonchev–Trinajstić information content (AvgIpc) is 3.52. The number of nitrogens with one attached hydrogen (secondary N) is 1. The number of ether oxygens (including phenoxy) is 1. The molecule has 2 fully saturated rings. The number of rotatable bonds is 7. The Labute approximate surface area is 188 Å². The van der Waals surface area contributed by atoms with Gasteiger partial charge in [0.15, 0.2) is 5.78 Å². The van der Waals surface area contributed by atoms with Gasteiger partial charge in [-0.1, -0.05) is 48.5 Å². The quantitative estimate of drug-likeness (QED) is 0.725. The minimum absolute atomic E-state index is 0.0651. The normalized spacial score (nSPS) is 20.2. The van der Waals surface area contributed by atoms with Crippen molar-refractivity contribution in [2.75, 3.05) is 19.7 Å². The van der Waals surface area contributed by atoms with Crippen LogP contribution in [0.15, 0.2) is 60.7 Å². The van der Waals surface area contributed by atoms with Gasteiger partial charge in [0.05, 0.1) is 6.04 Å². The lowest BCUT2D eigenvalue weighted by molar-refractivity contribution is -0.141. The molecule has 2 aliphatic heterocycles. The zero-order chi connectivity index (χ0) is 22.3. The van der Waals surface area contributed by atoms with Gasteiger partial charge in [0, 0.05) is 19.6 Å². The number of likely N-dealkylation sites (tertiary alicyclic amines) is 2. The van der Waals surface area contributed by atoms with Crippen LogP contribution in [-0.2, 0) is 16.1 Å². The highest BCUT2D eigenvalue weighted by Crippen LogP contribution is 2.25. The van der Waals surface area contributed by atoms with E-state index in [2.05, 4.69) is 5.32 Å². The summed E-state index contributed by atoms with van der Waals surface area (Å²) in [6.07, 6.45) is 2.81. The summed E-state index contributed by atoms with van der Waals surface area (Å²) in [6, 6.07) is 17.6. The third kappa shape index (κ3) is 5.10. The van der Waals surface area contributed by atoms with Gasteiger partial charge in [-0.25, -0.2) is 4.79 Å². The summed E-state index contributed by atoms with van der Waals surface area (Å²) in [5.41, 5.74) is 1.01. The highest BCUT2D eigenvalue weighted by molar-refractivity contribution is 5.94. The zero-order valence-electron chi connectivity index (χ0n) is 18.1. The molecule has 2 aliphatic rings. The second kappa shape index (κ2) is 10.3. The van der Waals surface area contributed by atoms with Crippen LogP contribution in [0.2, 0.25) is 0 Å². The first-order chi connectivity index (χ1) is 15.6. The molecule has 4 rings (SSSR count). The molecule has 2 aromatic rings. The Morgan fingerprint density at radius 1 is 0.844 bits per heavy atom. The predicted molar refractivity (Wildman–Crippen MR) is 120 cm³/mol. The van der Waals surface area contributed by atoms with E-state index in [-0.39, 0.29) is 24.3 Å². The lowest BCUT2D eigenvalue weighted by Crippen LogP contribution is -2.53. The molecule has 2 aromatic carbocycles. The topological polar surface area (TPSA) is 79.0 Å². The van der Waals surface area contributed by atoms with Gasteiger partial charge in [-0.05, 0) is 43.4 Å². The van der Waals surface area contributed by atoms with E-state index in [4.69, 9.17) is 4.74 Å². The molecular formula is C25H29N3O4. The van der Waals surface area contributed by atoms with Gasteiger partial charge in [-0.2, -0.15) is 0 Å². The van der Waals surface area contributed by atoms with E-state index in [1.54, 1.807) is 21.9 Å². The van der Waals surface area contributed by atoms with Gasteiger partial charge < -0.3 is 19.9 Å². The third-order valence-corrected chi connectivity index (χ3v) is 6.12. The fraction of sp³-hybridized carbons (Fsp3) is 0.400. The highest BCUT2D eigenvalue weighted by Gasteiger charge is 2.42. The van der Waals surface area contributed by atoms with Crippen LogP contribution in [0.25, 0.3) is 0 Å². The van der Waals surface area contributed by atoms with Crippen LogP contribution in [0, 0.1) is 0 Å². The Kier molecular flexibility index (Phi) is 7.04. The molecule has 7 heteroatoms. The molecule has 0 aromatic heterocycles. The van der Waals surface area contributed by atoms with Gasteiger partial charge >= 0.3 is 6.03 Å². The number of ketones is 1. The molecule has 0 unspecified atom stereocenters. The maximum Gasteiger partial charge on any atom is 0.318 e. The van der Waals surface area contributed by atoms with Crippen LogP contribution in [0.3, 0.4) is 0 Å². The Bertz CT molecular complexity index is 859. The van der Waals surface area contributed by atoms with Gasteiger partial charge in [0.1, 0.15) is 18.4 Å². The zero-order valence-corrected chi connectivity index (χ0v) is 18.1. The van der Waals surface area contributed by atoms with E-state index in [0.717, 1.165) is 18.4 Å². The molecule has 7 nitrogen and oxygen atoms in total. The number of carbonyl (C=O) groups excluding carboxylic acids is 3. The summed E-state index contributed by atoms with van der Waals surface area (Å²) < 4.78 is 5.61. The van der Waals surface area contributed by atoms with Crippen molar-refractivity contribution >= 4 is 17.7 Å². The molecule has 32 heavy (non-hydrogen) atoms. The Morgan fingerprint density at radius 2 is 1.47 bits per heavy atom. The molecule has 168 valence electrons. The van der Waals surface area contributed by atoms with Crippen LogP contribution < -0.4 is 10.1 Å². The molecule has 2 saturated heterocycles. The lowest BCUT2D eigenvalue weighted by Gasteiger charge is -2.31. The largest absolute Gasteiger partial charge is 0.486 e. The van der Waals surface area contributed by atoms with Crippen LogP contribution in [-0.4, -0.2) is 59.3 Å². The first-order valence-corrected chi connectivity index (χ1v) is 11.2. The number of nitrogens with zero attached hydrogens (tertiary/aromatic N) is 2. The number of urea groups is 1. The number of hydrogen-bond donors (Lipinski definition) is 1. The van der Waals surface area contributed by atoms with E-state index < -0.39 is 12.1 Å². The first kappa shape index (κ1) is 21.9. The van der Waals surface area contributed by atoms with E-state index in [1.165, 1.54) is 0 Å². The minimum Gasteiger partial charge on any atom is -0.486 e. The lowest BCUT2D eigenvalue weighted by atomic mass is 10.1. The number of carbonyl (C=O) groups is 3. The van der Waals surface area contributed by atoms with Gasteiger partial charge in [0.2, 0.25) is 5.91 Å². The van der Waals surface area contributed by atoms with Crippen molar-refractivity contribution in [1.82, 2.24) is 15.1 Å². The predicted octanol–water partition coefficient (Wildman–Crippen LogP) is 3.00. The molecule has 0 radical (unpaired) electrons. The summed E-state index contributed by atoms with van der Waals surface area (Å²) in [5.74, 6) is 0.402. The molecule has 0 spiro atoms. The fourth-order valence-electron chi connectivity index (χ4n) is 4.47. The molecule has 2 atom stereocenters. The average molecular weight is 436 g/mol. The molecule has 0 bridgehead atoms. The van der Waals surface area contributed by atoms with Crippen molar-refractivity contribution in [2.45, 2.75) is 44.3 Å². The number of Topliss-reactive ketones (excluding diaryl/α,β-unsaturated/α-hetero) is 1. The SMILES string of the molecule is O=C(COc1ccccc1)[C@H]1CCCN1C(=O)[C@H]1CCCN1C(=O)NCc1ccccc1. The monoisotopic (exact) mass is 435 g/mol. The summed E-state index contributed by atoms with van der Waals surface area (Å²) in [5, 5.41) is 2.92. The van der Waals surface area contributed by atoms with Crippen LogP contribution in [0.5, 0.6) is 5.75 Å². The van der Waals surface area contributed by atoms with Crippen molar-refractivity contribution in [2.24, 2.45) is 0 Å². The second-order valence-electron chi connectivity index (χ2n) is 8.25. The minimum atomic E-state index is -0.519. The molecular weight excluding hydrogens is 406 g/mol. The maximum atomic E-state index is 13.3. The molecule has 3 amide bonds. The van der Waals surface area contributed by atoms with E-state index >= 15 is 0 Å². The van der Waals surface area contributed by atoms with Crippen LogP contribution in [0.1, 0.15) is 31.2 Å². The standard InChI is InChI=1S/C25H29N3O4/c29-23(18-32-20-11-5-2-6-12-20)21-13-7-15-27(21)24(30)22-14-8-16-28(22)25(31)26-17-19-9-3-1-4-10-19/h1-6,9-12,21-22H,7-8,13-18H2,(H,26,31)/t21-,22-/m1/s1. The van der Waals surface area contributed by atoms with Gasteiger partial charge in [0.25, 0.3) is 0 Å². The molecule has 0 aliphatic carbocycles. The first-order valence-electron chi connectivity index (χ1n) is 11.2. The molecule has 2 heterocycles. The smallest absolute Gasteiger partial charge is 0.318 e. The number of benzene rings is 2. The number of hydrogen-bond acceptors (Lipinski definition) is 4. The summed E-state index contributed by atoms with van der Waals surface area (Å²) in [6.45, 7) is 1.43. The highest BCUT2D eigenvalue weighted by atomic mass is 16.5. The van der Waals surface area contributed by atoms with Crippen molar-refractivity contribution in [1.29, 1.82) is 0 Å². The van der Waals surface area contributed by atoms with Crippen molar-refractivity contribution in [3.05, 3.63) is 66.2 Å². The number of amides is 3. The van der Waals surface area contributed by atoms with Gasteiger partial charge in [-0.3, -0.25) is 9.59 Å². The summed E-state index contributed by atoms with van der Waals surface area (Å²) in [4.78, 5) is 42.2. The number of para-hydroxylation sites is 1. The van der Waals surface area contributed by atoms with E-state index in [0.29, 0.717) is 38.2 Å². The third-order valence-electron chi connectivity index (χ3n) is 6.12. The van der Waals surface area contributed by atoms with Crippen molar-refractivity contribution < 1.29 is 19.1 Å². The van der Waals surface area contributed by atoms with E-state index in [9.17, 15) is 14.4 Å². The van der Waals surface area contributed by atoms with Crippen molar-refractivity contribution in [3.63, 3.8) is 0 Å². The van der Waals surface area contributed by atoms with Crippen LogP contribution in [0.4, 0.5) is 4.79 Å². The second-order valence-corrected chi connectivity index (χ2v) is 8.25. The van der Waals surface area contributed by atoms with Crippen LogP contribution >= 0.6 is 0 Å². The van der Waals surface area contributed by atoms with Crippen molar-refractivity contribution in [3.8, 4) is 5.75 Å². The Hall–Kier alpha value is -3.35.